The minimum atomic E-state index is -0.180. The van der Waals surface area contributed by atoms with Crippen molar-refractivity contribution in [3.8, 4) is 11.4 Å². The smallest absolute Gasteiger partial charge is 0.271 e. The normalized spacial score (nSPS) is 12.2. The maximum absolute atomic E-state index is 12.5. The van der Waals surface area contributed by atoms with E-state index in [1.54, 1.807) is 35.4 Å². The molecule has 6 nitrogen and oxygen atoms in total. The summed E-state index contributed by atoms with van der Waals surface area (Å²) in [6, 6.07) is 13.5. The van der Waals surface area contributed by atoms with Gasteiger partial charge in [0, 0.05) is 17.6 Å². The summed E-state index contributed by atoms with van der Waals surface area (Å²) in [6.45, 7) is 0.530. The Bertz CT molecular complexity index is 841. The summed E-state index contributed by atoms with van der Waals surface area (Å²) < 4.78 is 6.83. The highest BCUT2D eigenvalue weighted by Crippen LogP contribution is 2.22. The van der Waals surface area contributed by atoms with Gasteiger partial charge in [0.2, 0.25) is 0 Å². The molecule has 26 heavy (non-hydrogen) atoms. The maximum Gasteiger partial charge on any atom is 0.271 e. The van der Waals surface area contributed by atoms with Crippen LogP contribution < -0.4 is 10.1 Å². The van der Waals surface area contributed by atoms with Gasteiger partial charge in [-0.25, -0.2) is 4.68 Å². The van der Waals surface area contributed by atoms with Crippen LogP contribution in [0.1, 0.15) is 21.4 Å². The molecular weight excluding hydrogens is 348 g/mol. The van der Waals surface area contributed by atoms with Crippen molar-refractivity contribution in [2.45, 2.75) is 6.04 Å². The number of benzene rings is 1. The fourth-order valence-electron chi connectivity index (χ4n) is 2.62. The molecular formula is C19H22N4O2S. The van der Waals surface area contributed by atoms with Crippen molar-refractivity contribution in [3.05, 3.63) is 64.6 Å². The monoisotopic (exact) mass is 370 g/mol. The molecule has 1 amide bonds. The van der Waals surface area contributed by atoms with Crippen molar-refractivity contribution in [1.29, 1.82) is 0 Å². The largest absolute Gasteiger partial charge is 0.497 e. The molecule has 0 saturated carbocycles. The summed E-state index contributed by atoms with van der Waals surface area (Å²) in [5.74, 6) is 0.600. The van der Waals surface area contributed by atoms with Crippen molar-refractivity contribution < 1.29 is 9.53 Å². The Hall–Kier alpha value is -2.64. The number of likely N-dealkylation sites (N-methyl/N-ethyl adjacent to an activating group) is 1. The van der Waals surface area contributed by atoms with Crippen molar-refractivity contribution in [2.24, 2.45) is 0 Å². The number of carbonyl (C=O) groups is 1. The van der Waals surface area contributed by atoms with E-state index in [4.69, 9.17) is 4.74 Å². The Morgan fingerprint density at radius 3 is 2.65 bits per heavy atom. The molecule has 0 saturated heterocycles. The Labute approximate surface area is 157 Å². The van der Waals surface area contributed by atoms with Crippen molar-refractivity contribution in [3.63, 3.8) is 0 Å². The van der Waals surface area contributed by atoms with Gasteiger partial charge in [0.1, 0.15) is 5.75 Å². The lowest BCUT2D eigenvalue weighted by atomic mass is 10.2. The number of nitrogens with one attached hydrogen (secondary N) is 1. The molecule has 7 heteroatoms. The summed E-state index contributed by atoms with van der Waals surface area (Å²) in [5, 5.41) is 9.40. The first-order valence-corrected chi connectivity index (χ1v) is 9.14. The number of rotatable bonds is 7. The number of carbonyl (C=O) groups excluding carboxylic acids is 1. The molecule has 1 atom stereocenters. The molecule has 1 aromatic carbocycles. The van der Waals surface area contributed by atoms with Crippen LogP contribution in [0.5, 0.6) is 5.75 Å². The average Bonchev–Trinajstić information content (AvgIpc) is 3.34. The molecule has 2 aromatic heterocycles. The third-order valence-corrected chi connectivity index (χ3v) is 5.08. The Morgan fingerprint density at radius 2 is 2.04 bits per heavy atom. The van der Waals surface area contributed by atoms with E-state index in [2.05, 4.69) is 21.4 Å². The van der Waals surface area contributed by atoms with Gasteiger partial charge in [-0.3, -0.25) is 4.79 Å². The van der Waals surface area contributed by atoms with Crippen molar-refractivity contribution in [1.82, 2.24) is 20.0 Å². The molecule has 0 aliphatic rings. The first-order chi connectivity index (χ1) is 12.6. The van der Waals surface area contributed by atoms with Gasteiger partial charge >= 0.3 is 0 Å². The number of amides is 1. The maximum atomic E-state index is 12.5. The van der Waals surface area contributed by atoms with E-state index in [0.717, 1.165) is 11.4 Å². The number of thiophene rings is 1. The van der Waals surface area contributed by atoms with Crippen LogP contribution >= 0.6 is 11.3 Å². The van der Waals surface area contributed by atoms with Crippen LogP contribution in [0, 0.1) is 0 Å². The molecule has 3 rings (SSSR count). The van der Waals surface area contributed by atoms with Crippen LogP contribution in [0.25, 0.3) is 5.69 Å². The number of ether oxygens (including phenoxy) is 1. The zero-order valence-electron chi connectivity index (χ0n) is 15.0. The predicted molar refractivity (Wildman–Crippen MR) is 103 cm³/mol. The fourth-order valence-corrected chi connectivity index (χ4v) is 3.54. The van der Waals surface area contributed by atoms with Crippen LogP contribution in [0.15, 0.2) is 54.0 Å². The van der Waals surface area contributed by atoms with E-state index in [0.29, 0.717) is 12.2 Å². The van der Waals surface area contributed by atoms with Gasteiger partial charge in [0.15, 0.2) is 5.69 Å². The summed E-state index contributed by atoms with van der Waals surface area (Å²) in [7, 11) is 5.65. The van der Waals surface area contributed by atoms with Gasteiger partial charge in [-0.2, -0.15) is 5.10 Å². The van der Waals surface area contributed by atoms with Gasteiger partial charge < -0.3 is 15.0 Å². The minimum Gasteiger partial charge on any atom is -0.497 e. The quantitative estimate of drug-likeness (QED) is 0.695. The van der Waals surface area contributed by atoms with Crippen LogP contribution in [0.4, 0.5) is 0 Å². The molecule has 2 heterocycles. The zero-order valence-corrected chi connectivity index (χ0v) is 15.9. The van der Waals surface area contributed by atoms with Crippen LogP contribution in [-0.4, -0.2) is 48.3 Å². The first-order valence-electron chi connectivity index (χ1n) is 8.26. The van der Waals surface area contributed by atoms with Crippen LogP contribution in [0.3, 0.4) is 0 Å². The molecule has 136 valence electrons. The van der Waals surface area contributed by atoms with Gasteiger partial charge in [-0.15, -0.1) is 11.3 Å². The van der Waals surface area contributed by atoms with Crippen molar-refractivity contribution in [2.75, 3.05) is 27.7 Å². The Kier molecular flexibility index (Phi) is 5.70. The average molecular weight is 370 g/mol. The lowest BCUT2D eigenvalue weighted by molar-refractivity contribution is 0.0937. The summed E-state index contributed by atoms with van der Waals surface area (Å²) >= 11 is 1.69. The molecule has 0 radical (unpaired) electrons. The summed E-state index contributed by atoms with van der Waals surface area (Å²) in [4.78, 5) is 15.8. The fraction of sp³-hybridized carbons (Fsp3) is 0.263. The molecule has 0 spiro atoms. The predicted octanol–water partition coefficient (Wildman–Crippen LogP) is 2.98. The van der Waals surface area contributed by atoms with E-state index in [1.807, 2.05) is 49.8 Å². The van der Waals surface area contributed by atoms with E-state index in [-0.39, 0.29) is 11.9 Å². The lowest BCUT2D eigenvalue weighted by Gasteiger charge is -2.23. The van der Waals surface area contributed by atoms with Crippen LogP contribution in [0.2, 0.25) is 0 Å². The molecule has 0 aliphatic heterocycles. The molecule has 0 bridgehead atoms. The molecule has 3 aromatic rings. The Balaban J connectivity index is 1.66. The topological polar surface area (TPSA) is 59.4 Å². The van der Waals surface area contributed by atoms with Gasteiger partial charge in [0.25, 0.3) is 5.91 Å². The highest BCUT2D eigenvalue weighted by Gasteiger charge is 2.18. The summed E-state index contributed by atoms with van der Waals surface area (Å²) in [5.41, 5.74) is 1.26. The summed E-state index contributed by atoms with van der Waals surface area (Å²) in [6.07, 6.45) is 1.78. The lowest BCUT2D eigenvalue weighted by Crippen LogP contribution is -2.34. The van der Waals surface area contributed by atoms with E-state index in [9.17, 15) is 4.79 Å². The second kappa shape index (κ2) is 8.16. The van der Waals surface area contributed by atoms with Gasteiger partial charge in [-0.1, -0.05) is 6.07 Å². The van der Waals surface area contributed by atoms with Gasteiger partial charge in [-0.05, 0) is 55.9 Å². The number of methoxy groups -OCH3 is 1. The molecule has 1 unspecified atom stereocenters. The molecule has 0 aliphatic carbocycles. The highest BCUT2D eigenvalue weighted by molar-refractivity contribution is 7.10. The minimum absolute atomic E-state index is 0.141. The van der Waals surface area contributed by atoms with Crippen LogP contribution in [-0.2, 0) is 0 Å². The standard InChI is InChI=1S/C19H22N4O2S/c1-22(2)17(18-5-4-12-26-18)13-20-19(24)16-10-11-23(21-16)14-6-8-15(25-3)9-7-14/h4-12,17H,13H2,1-3H3,(H,20,24). The number of aromatic nitrogens is 2. The molecule has 1 N–H and O–H groups in total. The highest BCUT2D eigenvalue weighted by atomic mass is 32.1. The number of hydrogen-bond acceptors (Lipinski definition) is 5. The molecule has 0 fully saturated rings. The van der Waals surface area contributed by atoms with E-state index in [1.165, 1.54) is 4.88 Å². The van der Waals surface area contributed by atoms with Gasteiger partial charge in [0.05, 0.1) is 18.8 Å². The second-order valence-corrected chi connectivity index (χ2v) is 7.03. The SMILES string of the molecule is COc1ccc(-n2ccc(C(=O)NCC(c3cccs3)N(C)C)n2)cc1. The third kappa shape index (κ3) is 4.12. The Morgan fingerprint density at radius 1 is 1.27 bits per heavy atom. The third-order valence-electron chi connectivity index (χ3n) is 4.11. The first kappa shape index (κ1) is 18.2. The number of nitrogens with zero attached hydrogens (tertiary/aromatic N) is 3. The second-order valence-electron chi connectivity index (χ2n) is 6.05. The number of hydrogen-bond donors (Lipinski definition) is 1. The van der Waals surface area contributed by atoms with Crippen molar-refractivity contribution >= 4 is 17.2 Å². The van der Waals surface area contributed by atoms with E-state index < -0.39 is 0 Å². The van der Waals surface area contributed by atoms with E-state index >= 15 is 0 Å². The zero-order chi connectivity index (χ0) is 18.5.